The van der Waals surface area contributed by atoms with Gasteiger partial charge in [-0.1, -0.05) is 40.5 Å². The molecule has 0 amide bonds. The van der Waals surface area contributed by atoms with Crippen molar-refractivity contribution in [3.63, 3.8) is 0 Å². The smallest absolute Gasteiger partial charge is 0.0295 e. The van der Waals surface area contributed by atoms with Crippen molar-refractivity contribution in [2.45, 2.75) is 85.1 Å². The maximum absolute atomic E-state index is 6.09. The molecule has 118 valence electrons. The molecule has 2 aliphatic rings. The molecule has 0 bridgehead atoms. The first-order chi connectivity index (χ1) is 9.47. The minimum atomic E-state index is 0.477. The molecule has 0 aliphatic heterocycles. The van der Waals surface area contributed by atoms with E-state index in [9.17, 15) is 0 Å². The van der Waals surface area contributed by atoms with Gasteiger partial charge in [0, 0.05) is 6.04 Å². The predicted octanol–water partition coefficient (Wildman–Crippen LogP) is 4.50. The normalized spacial score (nSPS) is 35.4. The van der Waals surface area contributed by atoms with Crippen molar-refractivity contribution in [1.82, 2.24) is 5.43 Å². The van der Waals surface area contributed by atoms with Gasteiger partial charge in [-0.15, -0.1) is 0 Å². The molecular formula is C18H36N2. The zero-order valence-electron chi connectivity index (χ0n) is 14.1. The summed E-state index contributed by atoms with van der Waals surface area (Å²) in [5.74, 6) is 9.40. The van der Waals surface area contributed by atoms with Crippen molar-refractivity contribution >= 4 is 0 Å². The van der Waals surface area contributed by atoms with Gasteiger partial charge in [0.15, 0.2) is 0 Å². The number of hydrazine groups is 1. The summed E-state index contributed by atoms with van der Waals surface area (Å²) in [6.07, 6.45) is 11.1. The number of hydrogen-bond donors (Lipinski definition) is 2. The summed E-state index contributed by atoms with van der Waals surface area (Å²) in [6.45, 7) is 9.61. The lowest BCUT2D eigenvalue weighted by atomic mass is 9.63. The first-order valence-corrected chi connectivity index (χ1v) is 8.93. The van der Waals surface area contributed by atoms with Crippen LogP contribution in [0.25, 0.3) is 0 Å². The second-order valence-corrected chi connectivity index (χ2v) is 8.49. The predicted molar refractivity (Wildman–Crippen MR) is 87.1 cm³/mol. The molecule has 0 radical (unpaired) electrons. The monoisotopic (exact) mass is 280 g/mol. The van der Waals surface area contributed by atoms with Gasteiger partial charge in [-0.3, -0.25) is 11.3 Å². The van der Waals surface area contributed by atoms with Crippen molar-refractivity contribution in [1.29, 1.82) is 0 Å². The van der Waals surface area contributed by atoms with Gasteiger partial charge in [0.2, 0.25) is 0 Å². The van der Waals surface area contributed by atoms with Crippen molar-refractivity contribution in [3.05, 3.63) is 0 Å². The number of hydrogen-bond acceptors (Lipinski definition) is 2. The van der Waals surface area contributed by atoms with E-state index in [1.807, 2.05) is 0 Å². The molecule has 0 aromatic rings. The van der Waals surface area contributed by atoms with Gasteiger partial charge in [-0.25, -0.2) is 0 Å². The maximum Gasteiger partial charge on any atom is 0.0295 e. The van der Waals surface area contributed by atoms with Crippen LogP contribution in [0, 0.1) is 29.1 Å². The SMILES string of the molecule is CC(C)CC1(C(NN)C2CC(C)CC(C)C2)CCCC1. The maximum atomic E-state index is 6.09. The van der Waals surface area contributed by atoms with Crippen LogP contribution < -0.4 is 11.3 Å². The highest BCUT2D eigenvalue weighted by molar-refractivity contribution is 4.99. The zero-order chi connectivity index (χ0) is 14.8. The van der Waals surface area contributed by atoms with Gasteiger partial charge in [0.25, 0.3) is 0 Å². The highest BCUT2D eigenvalue weighted by Crippen LogP contribution is 2.50. The molecule has 2 nitrogen and oxygen atoms in total. The standard InChI is InChI=1S/C18H36N2/c1-13(2)12-18(7-5-6-8-18)17(20-19)16-10-14(3)9-15(4)11-16/h13-17,20H,5-12,19H2,1-4H3. The third-order valence-corrected chi connectivity index (χ3v) is 5.94. The van der Waals surface area contributed by atoms with Crippen LogP contribution in [0.5, 0.6) is 0 Å². The topological polar surface area (TPSA) is 38.0 Å². The van der Waals surface area contributed by atoms with E-state index in [1.165, 1.54) is 51.4 Å². The number of rotatable bonds is 5. The second kappa shape index (κ2) is 6.79. The van der Waals surface area contributed by atoms with Crippen molar-refractivity contribution in [3.8, 4) is 0 Å². The van der Waals surface area contributed by atoms with E-state index in [0.29, 0.717) is 11.5 Å². The van der Waals surface area contributed by atoms with E-state index in [0.717, 1.165) is 23.7 Å². The Morgan fingerprint density at radius 3 is 2.05 bits per heavy atom. The van der Waals surface area contributed by atoms with Gasteiger partial charge < -0.3 is 0 Å². The molecule has 0 heterocycles. The van der Waals surface area contributed by atoms with E-state index < -0.39 is 0 Å². The molecule has 0 aromatic heterocycles. The summed E-state index contributed by atoms with van der Waals surface area (Å²) in [5, 5.41) is 0. The summed E-state index contributed by atoms with van der Waals surface area (Å²) in [5.41, 5.74) is 3.78. The van der Waals surface area contributed by atoms with E-state index in [4.69, 9.17) is 5.84 Å². The third-order valence-electron chi connectivity index (χ3n) is 5.94. The van der Waals surface area contributed by atoms with Crippen molar-refractivity contribution in [2.24, 2.45) is 34.9 Å². The van der Waals surface area contributed by atoms with Gasteiger partial charge in [0.1, 0.15) is 0 Å². The Balaban J connectivity index is 2.15. The Hall–Kier alpha value is -0.0800. The van der Waals surface area contributed by atoms with E-state index in [-0.39, 0.29) is 0 Å². The second-order valence-electron chi connectivity index (χ2n) is 8.49. The molecule has 0 aromatic carbocycles. The molecule has 2 rings (SSSR count). The van der Waals surface area contributed by atoms with E-state index in [1.54, 1.807) is 0 Å². The number of nitrogens with two attached hydrogens (primary N) is 1. The molecule has 3 atom stereocenters. The fourth-order valence-corrected chi connectivity index (χ4v) is 5.63. The minimum absolute atomic E-state index is 0.477. The zero-order valence-corrected chi connectivity index (χ0v) is 14.1. The van der Waals surface area contributed by atoms with Crippen LogP contribution in [0.15, 0.2) is 0 Å². The first-order valence-electron chi connectivity index (χ1n) is 8.93. The van der Waals surface area contributed by atoms with Crippen LogP contribution >= 0.6 is 0 Å². The largest absolute Gasteiger partial charge is 0.271 e. The van der Waals surface area contributed by atoms with E-state index >= 15 is 0 Å². The van der Waals surface area contributed by atoms with Crippen molar-refractivity contribution in [2.75, 3.05) is 0 Å². The Morgan fingerprint density at radius 1 is 1.05 bits per heavy atom. The molecule has 2 heteroatoms. The molecule has 2 fully saturated rings. The first kappa shape index (κ1) is 16.3. The van der Waals surface area contributed by atoms with E-state index in [2.05, 4.69) is 33.1 Å². The van der Waals surface area contributed by atoms with Crippen LogP contribution in [0.4, 0.5) is 0 Å². The lowest BCUT2D eigenvalue weighted by molar-refractivity contribution is 0.0667. The quantitative estimate of drug-likeness (QED) is 0.575. The molecule has 2 saturated carbocycles. The Bertz CT molecular complexity index is 284. The lowest BCUT2D eigenvalue weighted by Crippen LogP contribution is -2.53. The van der Waals surface area contributed by atoms with Gasteiger partial charge in [0.05, 0.1) is 0 Å². The molecule has 2 aliphatic carbocycles. The Morgan fingerprint density at radius 2 is 1.60 bits per heavy atom. The molecule has 0 saturated heterocycles. The third kappa shape index (κ3) is 3.57. The summed E-state index contributed by atoms with van der Waals surface area (Å²) in [6, 6.07) is 0.539. The Labute approximate surface area is 126 Å². The molecular weight excluding hydrogens is 244 g/mol. The van der Waals surface area contributed by atoms with Gasteiger partial charge >= 0.3 is 0 Å². The fourth-order valence-electron chi connectivity index (χ4n) is 5.63. The minimum Gasteiger partial charge on any atom is -0.271 e. The summed E-state index contributed by atoms with van der Waals surface area (Å²) in [4.78, 5) is 0. The Kier molecular flexibility index (Phi) is 5.53. The summed E-state index contributed by atoms with van der Waals surface area (Å²) >= 11 is 0. The average Bonchev–Trinajstić information content (AvgIpc) is 2.76. The summed E-state index contributed by atoms with van der Waals surface area (Å²) in [7, 11) is 0. The highest BCUT2D eigenvalue weighted by Gasteiger charge is 2.45. The van der Waals surface area contributed by atoms with Crippen LogP contribution in [0.3, 0.4) is 0 Å². The number of nitrogens with one attached hydrogen (secondary N) is 1. The van der Waals surface area contributed by atoms with Crippen LogP contribution in [0.2, 0.25) is 0 Å². The average molecular weight is 280 g/mol. The lowest BCUT2D eigenvalue weighted by Gasteiger charge is -2.46. The molecule has 3 unspecified atom stereocenters. The highest BCUT2D eigenvalue weighted by atomic mass is 15.2. The molecule has 0 spiro atoms. The molecule has 3 N–H and O–H groups in total. The van der Waals surface area contributed by atoms with Crippen LogP contribution in [-0.2, 0) is 0 Å². The van der Waals surface area contributed by atoms with Gasteiger partial charge in [-0.05, 0) is 67.6 Å². The molecule has 20 heavy (non-hydrogen) atoms. The van der Waals surface area contributed by atoms with Crippen LogP contribution in [-0.4, -0.2) is 6.04 Å². The summed E-state index contributed by atoms with van der Waals surface area (Å²) < 4.78 is 0. The van der Waals surface area contributed by atoms with Gasteiger partial charge in [-0.2, -0.15) is 0 Å². The van der Waals surface area contributed by atoms with Crippen molar-refractivity contribution < 1.29 is 0 Å². The fraction of sp³-hybridized carbons (Fsp3) is 1.00. The van der Waals surface area contributed by atoms with Crippen LogP contribution in [0.1, 0.15) is 79.1 Å².